The second-order valence-electron chi connectivity index (χ2n) is 4.17. The predicted molar refractivity (Wildman–Crippen MR) is 70.4 cm³/mol. The van der Waals surface area contributed by atoms with E-state index in [1.807, 2.05) is 6.07 Å². The summed E-state index contributed by atoms with van der Waals surface area (Å²) in [6.07, 6.45) is -6.09. The van der Waals surface area contributed by atoms with Crippen LogP contribution in [-0.4, -0.2) is 27.5 Å². The number of sulfonamides is 1. The van der Waals surface area contributed by atoms with E-state index in [0.717, 1.165) is 0 Å². The lowest BCUT2D eigenvalue weighted by Gasteiger charge is -2.12. The Balaban J connectivity index is 2.78. The molecule has 0 aromatic heterocycles. The summed E-state index contributed by atoms with van der Waals surface area (Å²) in [5.41, 5.74) is 0.343. The average Bonchev–Trinajstić information content (AvgIpc) is 2.36. The van der Waals surface area contributed by atoms with Crippen LogP contribution >= 0.6 is 0 Å². The number of hydrogen-bond acceptors (Lipinski definition) is 4. The first-order chi connectivity index (χ1) is 9.67. The second kappa shape index (κ2) is 6.67. The van der Waals surface area contributed by atoms with Gasteiger partial charge in [0.1, 0.15) is 5.75 Å². The van der Waals surface area contributed by atoms with Crippen LogP contribution in [0.25, 0.3) is 0 Å². The van der Waals surface area contributed by atoms with E-state index in [2.05, 4.69) is 4.72 Å². The summed E-state index contributed by atoms with van der Waals surface area (Å²) >= 11 is 0. The van der Waals surface area contributed by atoms with E-state index < -0.39 is 34.8 Å². The van der Waals surface area contributed by atoms with Crippen LogP contribution in [0.15, 0.2) is 18.2 Å². The van der Waals surface area contributed by atoms with Gasteiger partial charge in [-0.25, -0.2) is 8.42 Å². The number of benzene rings is 1. The SMILES string of the molecule is COc1cc(C#N)ccc1NS(=O)(=O)CCCC(F)(F)F. The van der Waals surface area contributed by atoms with E-state index in [1.165, 1.54) is 25.3 Å². The molecule has 5 nitrogen and oxygen atoms in total. The minimum Gasteiger partial charge on any atom is -0.495 e. The highest BCUT2D eigenvalue weighted by molar-refractivity contribution is 7.92. The number of alkyl halides is 3. The lowest BCUT2D eigenvalue weighted by Crippen LogP contribution is -2.19. The van der Waals surface area contributed by atoms with Gasteiger partial charge in [-0.2, -0.15) is 18.4 Å². The standard InChI is InChI=1S/C12H13F3N2O3S/c1-20-11-7-9(8-16)3-4-10(11)17-21(18,19)6-2-5-12(13,14)15/h3-4,7,17H,2,5-6H2,1H3. The Morgan fingerprint density at radius 2 is 2.05 bits per heavy atom. The molecule has 0 bridgehead atoms. The minimum absolute atomic E-state index is 0.0727. The van der Waals surface area contributed by atoms with Gasteiger partial charge in [-0.1, -0.05) is 0 Å². The van der Waals surface area contributed by atoms with E-state index in [4.69, 9.17) is 10.00 Å². The van der Waals surface area contributed by atoms with Crippen molar-refractivity contribution in [1.82, 2.24) is 0 Å². The molecule has 0 heterocycles. The van der Waals surface area contributed by atoms with Crippen molar-refractivity contribution in [2.75, 3.05) is 17.6 Å². The number of methoxy groups -OCH3 is 1. The van der Waals surface area contributed by atoms with E-state index in [0.29, 0.717) is 0 Å². The Labute approximate surface area is 120 Å². The maximum atomic E-state index is 12.0. The average molecular weight is 322 g/mol. The Bertz CT molecular complexity index is 636. The molecule has 0 aliphatic heterocycles. The van der Waals surface area contributed by atoms with Gasteiger partial charge in [0, 0.05) is 12.5 Å². The highest BCUT2D eigenvalue weighted by Gasteiger charge is 2.27. The van der Waals surface area contributed by atoms with Gasteiger partial charge in [-0.15, -0.1) is 0 Å². The zero-order valence-corrected chi connectivity index (χ0v) is 11.9. The molecule has 1 aromatic rings. The molecule has 1 aromatic carbocycles. The lowest BCUT2D eigenvalue weighted by molar-refractivity contribution is -0.134. The summed E-state index contributed by atoms with van der Waals surface area (Å²) in [4.78, 5) is 0. The molecule has 0 amide bonds. The van der Waals surface area contributed by atoms with Crippen LogP contribution in [0, 0.1) is 11.3 Å². The molecule has 0 radical (unpaired) electrons. The van der Waals surface area contributed by atoms with Gasteiger partial charge in [0.2, 0.25) is 10.0 Å². The third-order valence-corrected chi connectivity index (χ3v) is 3.83. The maximum absolute atomic E-state index is 12.0. The monoisotopic (exact) mass is 322 g/mol. The highest BCUT2D eigenvalue weighted by atomic mass is 32.2. The van der Waals surface area contributed by atoms with Crippen molar-refractivity contribution in [3.8, 4) is 11.8 Å². The normalized spacial score (nSPS) is 11.8. The highest BCUT2D eigenvalue weighted by Crippen LogP contribution is 2.27. The first kappa shape index (κ1) is 17.1. The fourth-order valence-corrected chi connectivity index (χ4v) is 2.66. The Morgan fingerprint density at radius 1 is 1.38 bits per heavy atom. The van der Waals surface area contributed by atoms with Crippen LogP contribution in [-0.2, 0) is 10.0 Å². The van der Waals surface area contributed by atoms with E-state index in [-0.39, 0.29) is 17.0 Å². The van der Waals surface area contributed by atoms with Gasteiger partial charge in [-0.3, -0.25) is 4.72 Å². The molecular weight excluding hydrogens is 309 g/mol. The van der Waals surface area contributed by atoms with Gasteiger partial charge in [0.05, 0.1) is 30.2 Å². The van der Waals surface area contributed by atoms with Gasteiger partial charge >= 0.3 is 6.18 Å². The third kappa shape index (κ3) is 5.91. The smallest absolute Gasteiger partial charge is 0.389 e. The summed E-state index contributed by atoms with van der Waals surface area (Å²) < 4.78 is 66.5. The number of ether oxygens (including phenoxy) is 1. The quantitative estimate of drug-likeness (QED) is 0.873. The molecule has 0 fully saturated rings. The molecule has 0 atom stereocenters. The molecule has 9 heteroatoms. The fraction of sp³-hybridized carbons (Fsp3) is 0.417. The molecule has 0 aliphatic rings. The number of halogens is 3. The van der Waals surface area contributed by atoms with Crippen LogP contribution in [0.3, 0.4) is 0 Å². The zero-order chi connectivity index (χ0) is 16.1. The molecule has 0 aliphatic carbocycles. The number of anilines is 1. The Hall–Kier alpha value is -1.95. The van der Waals surface area contributed by atoms with E-state index in [1.54, 1.807) is 0 Å². The van der Waals surface area contributed by atoms with Crippen LogP contribution in [0.1, 0.15) is 18.4 Å². The van der Waals surface area contributed by atoms with Crippen molar-refractivity contribution >= 4 is 15.7 Å². The maximum Gasteiger partial charge on any atom is 0.389 e. The number of rotatable bonds is 6. The number of nitrogens with one attached hydrogen (secondary N) is 1. The lowest BCUT2D eigenvalue weighted by atomic mass is 10.2. The van der Waals surface area contributed by atoms with E-state index in [9.17, 15) is 21.6 Å². The van der Waals surface area contributed by atoms with Gasteiger partial charge in [0.25, 0.3) is 0 Å². The summed E-state index contributed by atoms with van der Waals surface area (Å²) in [5, 5.41) is 8.72. The molecule has 1 N–H and O–H groups in total. The molecule has 21 heavy (non-hydrogen) atoms. The van der Waals surface area contributed by atoms with Crippen molar-refractivity contribution < 1.29 is 26.3 Å². The van der Waals surface area contributed by atoms with Crippen LogP contribution in [0.2, 0.25) is 0 Å². The Kier molecular flexibility index (Phi) is 5.43. The Morgan fingerprint density at radius 3 is 2.57 bits per heavy atom. The topological polar surface area (TPSA) is 79.2 Å². The molecular formula is C12H13F3N2O3S. The van der Waals surface area contributed by atoms with E-state index >= 15 is 0 Å². The first-order valence-electron chi connectivity index (χ1n) is 5.82. The van der Waals surface area contributed by atoms with Gasteiger partial charge in [0.15, 0.2) is 0 Å². The minimum atomic E-state index is -4.39. The number of nitriles is 1. The van der Waals surface area contributed by atoms with Crippen molar-refractivity contribution in [3.63, 3.8) is 0 Å². The third-order valence-electron chi connectivity index (χ3n) is 2.47. The zero-order valence-electron chi connectivity index (χ0n) is 11.1. The number of hydrogen-bond donors (Lipinski definition) is 1. The number of nitrogens with zero attached hydrogens (tertiary/aromatic N) is 1. The molecule has 0 spiro atoms. The molecule has 0 unspecified atom stereocenters. The van der Waals surface area contributed by atoms with Crippen LogP contribution in [0.4, 0.5) is 18.9 Å². The predicted octanol–water partition coefficient (Wildman–Crippen LogP) is 2.65. The molecule has 0 saturated heterocycles. The summed E-state index contributed by atoms with van der Waals surface area (Å²) in [6.45, 7) is 0. The first-order valence-corrected chi connectivity index (χ1v) is 7.47. The molecule has 116 valence electrons. The van der Waals surface area contributed by atoms with Crippen molar-refractivity contribution in [2.24, 2.45) is 0 Å². The second-order valence-corrected chi connectivity index (χ2v) is 6.01. The summed E-state index contributed by atoms with van der Waals surface area (Å²) in [6, 6.07) is 5.88. The van der Waals surface area contributed by atoms with Crippen LogP contribution < -0.4 is 9.46 Å². The molecule has 0 saturated carbocycles. The van der Waals surface area contributed by atoms with Crippen molar-refractivity contribution in [2.45, 2.75) is 19.0 Å². The van der Waals surface area contributed by atoms with Crippen LogP contribution in [0.5, 0.6) is 5.75 Å². The van der Waals surface area contributed by atoms with Crippen molar-refractivity contribution in [1.29, 1.82) is 5.26 Å². The summed E-state index contributed by atoms with van der Waals surface area (Å²) in [7, 11) is -2.63. The summed E-state index contributed by atoms with van der Waals surface area (Å²) in [5.74, 6) is -0.538. The van der Waals surface area contributed by atoms with Crippen molar-refractivity contribution in [3.05, 3.63) is 23.8 Å². The largest absolute Gasteiger partial charge is 0.495 e. The van der Waals surface area contributed by atoms with Gasteiger partial charge in [-0.05, 0) is 18.6 Å². The molecule has 1 rings (SSSR count). The fourth-order valence-electron chi connectivity index (χ4n) is 1.53. The van der Waals surface area contributed by atoms with Gasteiger partial charge < -0.3 is 4.74 Å².